The molecule has 2 bridgehead atoms. The van der Waals surface area contributed by atoms with Gasteiger partial charge < -0.3 is 0 Å². The van der Waals surface area contributed by atoms with Gasteiger partial charge in [0.1, 0.15) is 3.23 Å². The fourth-order valence-electron chi connectivity index (χ4n) is 2.78. The van der Waals surface area contributed by atoms with E-state index in [2.05, 4.69) is 72.1 Å². The summed E-state index contributed by atoms with van der Waals surface area (Å²) in [5.41, 5.74) is 3.05. The molecule has 0 amide bonds. The van der Waals surface area contributed by atoms with Crippen LogP contribution in [0.5, 0.6) is 0 Å². The third-order valence-electron chi connectivity index (χ3n) is 3.45. The number of halogens is 3. The predicted molar refractivity (Wildman–Crippen MR) is 69.8 cm³/mol. The molecule has 1 unspecified atom stereocenters. The summed E-state index contributed by atoms with van der Waals surface area (Å²) >= 11 is 11.4. The van der Waals surface area contributed by atoms with Crippen LogP contribution in [0.4, 0.5) is 0 Å². The minimum absolute atomic E-state index is 0.0546. The summed E-state index contributed by atoms with van der Waals surface area (Å²) in [7, 11) is 0. The first-order valence-corrected chi connectivity index (χ1v) is 7.23. The number of benzene rings is 1. The smallest absolute Gasteiger partial charge is 0.0859 e. The minimum Gasteiger partial charge on any atom is -0.0859 e. The van der Waals surface area contributed by atoms with Crippen molar-refractivity contribution in [2.24, 2.45) is 0 Å². The Labute approximate surface area is 109 Å². The van der Waals surface area contributed by atoms with Gasteiger partial charge in [-0.3, -0.25) is 0 Å². The standard InChI is InChI=1S/C11H9Br3/c12-10-8-5-9(11(10,13)14)7-4-2-1-3-6(7)8/h1-4,8-10H,5H2/t8-,9+,10?/m0/s1. The van der Waals surface area contributed by atoms with E-state index in [1.165, 1.54) is 17.5 Å². The Morgan fingerprint density at radius 2 is 1.79 bits per heavy atom. The highest BCUT2D eigenvalue weighted by molar-refractivity contribution is 9.26. The van der Waals surface area contributed by atoms with Gasteiger partial charge in [0.05, 0.1) is 0 Å². The zero-order chi connectivity index (χ0) is 9.92. The van der Waals surface area contributed by atoms with Crippen molar-refractivity contribution in [2.75, 3.05) is 0 Å². The van der Waals surface area contributed by atoms with E-state index in [4.69, 9.17) is 0 Å². The summed E-state index contributed by atoms with van der Waals surface area (Å²) in [5.74, 6) is 1.27. The van der Waals surface area contributed by atoms with Crippen molar-refractivity contribution in [3.05, 3.63) is 35.4 Å². The lowest BCUT2D eigenvalue weighted by atomic mass is 9.92. The van der Waals surface area contributed by atoms with E-state index < -0.39 is 0 Å². The molecule has 3 rings (SSSR count). The Morgan fingerprint density at radius 3 is 2.50 bits per heavy atom. The minimum atomic E-state index is 0.0546. The fraction of sp³-hybridized carbons (Fsp3) is 0.455. The molecule has 1 saturated carbocycles. The van der Waals surface area contributed by atoms with Crippen LogP contribution in [0.2, 0.25) is 0 Å². The third kappa shape index (κ3) is 1.09. The van der Waals surface area contributed by atoms with Gasteiger partial charge in [0.2, 0.25) is 0 Å². The summed E-state index contributed by atoms with van der Waals surface area (Å²) < 4.78 is 0.0546. The van der Waals surface area contributed by atoms with Crippen molar-refractivity contribution >= 4 is 47.8 Å². The lowest BCUT2D eigenvalue weighted by Crippen LogP contribution is -2.30. The lowest BCUT2D eigenvalue weighted by Gasteiger charge is -2.32. The predicted octanol–water partition coefficient (Wildman–Crippen LogP) is 4.52. The maximum absolute atomic E-state index is 3.80. The van der Waals surface area contributed by atoms with E-state index in [1.807, 2.05) is 0 Å². The average Bonchev–Trinajstić information content (AvgIpc) is 2.64. The topological polar surface area (TPSA) is 0 Å². The quantitative estimate of drug-likeness (QED) is 0.580. The normalized spacial score (nSPS) is 37.2. The number of alkyl halides is 3. The van der Waals surface area contributed by atoms with E-state index in [9.17, 15) is 0 Å². The van der Waals surface area contributed by atoms with Crippen molar-refractivity contribution in [2.45, 2.75) is 26.3 Å². The third-order valence-corrected chi connectivity index (χ3v) is 8.13. The zero-order valence-corrected chi connectivity index (χ0v) is 12.1. The van der Waals surface area contributed by atoms with Gasteiger partial charge in [-0.25, -0.2) is 0 Å². The first-order chi connectivity index (χ1) is 6.62. The monoisotopic (exact) mass is 378 g/mol. The van der Waals surface area contributed by atoms with Gasteiger partial charge in [-0.05, 0) is 23.5 Å². The van der Waals surface area contributed by atoms with Gasteiger partial charge in [0.15, 0.2) is 0 Å². The molecule has 1 aromatic rings. The molecule has 0 aliphatic heterocycles. The molecule has 0 radical (unpaired) electrons. The van der Waals surface area contributed by atoms with Gasteiger partial charge >= 0.3 is 0 Å². The van der Waals surface area contributed by atoms with Gasteiger partial charge in [-0.15, -0.1) is 0 Å². The molecule has 1 aromatic carbocycles. The molecule has 0 spiro atoms. The maximum atomic E-state index is 3.80. The molecule has 0 aromatic heterocycles. The Hall–Kier alpha value is 0.660. The summed E-state index contributed by atoms with van der Waals surface area (Å²) in [6, 6.07) is 8.81. The second-order valence-corrected chi connectivity index (χ2v) is 8.77. The SMILES string of the molecule is BrC1[C@H]2C[C@H](c3ccccc32)C1(Br)Br. The molecular formula is C11H9Br3. The van der Waals surface area contributed by atoms with Crippen LogP contribution in [0.15, 0.2) is 24.3 Å². The molecular weight excluding hydrogens is 372 g/mol. The molecule has 14 heavy (non-hydrogen) atoms. The van der Waals surface area contributed by atoms with E-state index in [1.54, 1.807) is 0 Å². The molecule has 2 aliphatic rings. The highest BCUT2D eigenvalue weighted by Crippen LogP contribution is 2.66. The van der Waals surface area contributed by atoms with Crippen molar-refractivity contribution in [1.82, 2.24) is 0 Å². The van der Waals surface area contributed by atoms with E-state index in [-0.39, 0.29) is 3.23 Å². The molecule has 0 heterocycles. The summed E-state index contributed by atoms with van der Waals surface area (Å²) in [6.45, 7) is 0. The van der Waals surface area contributed by atoms with Crippen LogP contribution in [0.3, 0.4) is 0 Å². The van der Waals surface area contributed by atoms with Crippen LogP contribution >= 0.6 is 47.8 Å². The highest BCUT2D eigenvalue weighted by Gasteiger charge is 2.57. The van der Waals surface area contributed by atoms with Crippen LogP contribution in [0.1, 0.15) is 29.4 Å². The van der Waals surface area contributed by atoms with Crippen LogP contribution in [-0.2, 0) is 0 Å². The Balaban J connectivity index is 2.19. The zero-order valence-electron chi connectivity index (χ0n) is 7.38. The van der Waals surface area contributed by atoms with Crippen LogP contribution in [-0.4, -0.2) is 8.06 Å². The van der Waals surface area contributed by atoms with Crippen molar-refractivity contribution in [3.63, 3.8) is 0 Å². The van der Waals surface area contributed by atoms with Gasteiger partial charge in [0.25, 0.3) is 0 Å². The van der Waals surface area contributed by atoms with Crippen molar-refractivity contribution < 1.29 is 0 Å². The number of fused-ring (bicyclic) bond motifs is 5. The van der Waals surface area contributed by atoms with Crippen LogP contribution in [0.25, 0.3) is 0 Å². The van der Waals surface area contributed by atoms with Crippen molar-refractivity contribution in [3.8, 4) is 0 Å². The molecule has 0 N–H and O–H groups in total. The highest BCUT2D eigenvalue weighted by atomic mass is 79.9. The van der Waals surface area contributed by atoms with Gasteiger partial charge in [-0.2, -0.15) is 0 Å². The van der Waals surface area contributed by atoms with E-state index >= 15 is 0 Å². The van der Waals surface area contributed by atoms with Gasteiger partial charge in [0, 0.05) is 10.7 Å². The number of rotatable bonds is 0. The first kappa shape index (κ1) is 9.86. The summed E-state index contributed by atoms with van der Waals surface area (Å²) in [6.07, 6.45) is 1.26. The lowest BCUT2D eigenvalue weighted by molar-refractivity contribution is 0.736. The van der Waals surface area contributed by atoms with Gasteiger partial charge in [-0.1, -0.05) is 72.1 Å². The molecule has 3 heteroatoms. The summed E-state index contributed by atoms with van der Waals surface area (Å²) in [4.78, 5) is 0.495. The van der Waals surface area contributed by atoms with Crippen LogP contribution < -0.4 is 0 Å². The molecule has 74 valence electrons. The molecule has 2 aliphatic carbocycles. The largest absolute Gasteiger partial charge is 0.100 e. The Morgan fingerprint density at radius 1 is 1.14 bits per heavy atom. The van der Waals surface area contributed by atoms with Crippen LogP contribution in [0, 0.1) is 0 Å². The van der Waals surface area contributed by atoms with E-state index in [0.717, 1.165) is 0 Å². The second-order valence-electron chi connectivity index (χ2n) is 4.10. The molecule has 3 atom stereocenters. The maximum Gasteiger partial charge on any atom is 0.100 e. The first-order valence-electron chi connectivity index (χ1n) is 4.73. The Bertz CT molecular complexity index is 386. The average molecular weight is 381 g/mol. The molecule has 1 fully saturated rings. The molecule has 0 saturated heterocycles. The Kier molecular flexibility index (Phi) is 2.17. The van der Waals surface area contributed by atoms with E-state index in [0.29, 0.717) is 16.7 Å². The number of hydrogen-bond acceptors (Lipinski definition) is 0. The fourth-order valence-corrected chi connectivity index (χ4v) is 5.10. The number of hydrogen-bond donors (Lipinski definition) is 0. The van der Waals surface area contributed by atoms with Crippen molar-refractivity contribution in [1.29, 1.82) is 0 Å². The summed E-state index contributed by atoms with van der Waals surface area (Å²) in [5, 5.41) is 0. The molecule has 0 nitrogen and oxygen atoms in total. The second kappa shape index (κ2) is 3.08.